The lowest BCUT2D eigenvalue weighted by atomic mass is 10.3. The van der Waals surface area contributed by atoms with Gasteiger partial charge in [-0.3, -0.25) is 9.69 Å². The van der Waals surface area contributed by atoms with Gasteiger partial charge in [-0.2, -0.15) is 0 Å². The van der Waals surface area contributed by atoms with Gasteiger partial charge in [-0.05, 0) is 68.7 Å². The lowest BCUT2D eigenvalue weighted by molar-refractivity contribution is 0.0948. The fourth-order valence-electron chi connectivity index (χ4n) is 1.52. The molecule has 0 spiro atoms. The van der Waals surface area contributed by atoms with Crippen molar-refractivity contribution in [3.05, 3.63) is 20.8 Å². The molecule has 3 nitrogen and oxygen atoms in total. The maximum Gasteiger partial charge on any atom is 0.186 e. The van der Waals surface area contributed by atoms with E-state index in [4.69, 9.17) is 0 Å². The molecule has 1 aromatic heterocycles. The van der Waals surface area contributed by atoms with Crippen LogP contribution in [0.25, 0.3) is 0 Å². The minimum Gasteiger partial charge on any atom is -0.309 e. The molecule has 0 aliphatic heterocycles. The van der Waals surface area contributed by atoms with Gasteiger partial charge >= 0.3 is 0 Å². The molecule has 0 amide bonds. The summed E-state index contributed by atoms with van der Waals surface area (Å²) in [4.78, 5) is 17.0. The second-order valence-electron chi connectivity index (χ2n) is 4.42. The van der Waals surface area contributed by atoms with E-state index in [0.29, 0.717) is 6.54 Å². The van der Waals surface area contributed by atoms with Crippen molar-refractivity contribution in [3.63, 3.8) is 0 Å². The molecule has 17 heavy (non-hydrogen) atoms. The second-order valence-corrected chi connectivity index (χ2v) is 6.88. The van der Waals surface area contributed by atoms with E-state index in [1.54, 1.807) is 0 Å². The van der Waals surface area contributed by atoms with Gasteiger partial charge < -0.3 is 4.90 Å². The van der Waals surface area contributed by atoms with E-state index in [2.05, 4.69) is 39.8 Å². The maximum absolute atomic E-state index is 11.9. The van der Waals surface area contributed by atoms with E-state index < -0.39 is 0 Å². The van der Waals surface area contributed by atoms with Crippen LogP contribution in [0, 0.1) is 0 Å². The molecule has 0 aliphatic rings. The Morgan fingerprint density at radius 3 is 2.53 bits per heavy atom. The smallest absolute Gasteiger partial charge is 0.186 e. The highest BCUT2D eigenvalue weighted by Gasteiger charge is 2.11. The molecule has 0 aromatic carbocycles. The number of rotatable bonds is 7. The SMILES string of the molecule is CN(C)CCCN(C)CC(=O)c1ccc(Br)s1. The summed E-state index contributed by atoms with van der Waals surface area (Å²) in [6.07, 6.45) is 1.09. The van der Waals surface area contributed by atoms with Crippen molar-refractivity contribution in [1.29, 1.82) is 0 Å². The molecule has 1 heterocycles. The summed E-state index contributed by atoms with van der Waals surface area (Å²) >= 11 is 4.87. The standard InChI is InChI=1S/C12H19BrN2OS/c1-14(2)7-4-8-15(3)9-10(16)11-5-6-12(13)17-11/h5-6H,4,7-9H2,1-3H3. The van der Waals surface area contributed by atoms with Gasteiger partial charge in [0.05, 0.1) is 15.2 Å². The summed E-state index contributed by atoms with van der Waals surface area (Å²) in [5.74, 6) is 0.202. The van der Waals surface area contributed by atoms with Crippen LogP contribution in [0.1, 0.15) is 16.1 Å². The molecule has 1 rings (SSSR count). The average molecular weight is 319 g/mol. The molecule has 0 aliphatic carbocycles. The van der Waals surface area contributed by atoms with Gasteiger partial charge in [0.2, 0.25) is 0 Å². The van der Waals surface area contributed by atoms with Gasteiger partial charge in [0, 0.05) is 0 Å². The molecule has 0 radical (unpaired) electrons. The molecule has 1 aromatic rings. The lowest BCUT2D eigenvalue weighted by Gasteiger charge is -2.16. The fourth-order valence-corrected chi connectivity index (χ4v) is 2.84. The Balaban J connectivity index is 2.31. The largest absolute Gasteiger partial charge is 0.309 e. The van der Waals surface area contributed by atoms with E-state index in [9.17, 15) is 4.79 Å². The first-order valence-electron chi connectivity index (χ1n) is 5.61. The normalized spacial score (nSPS) is 11.4. The fraction of sp³-hybridized carbons (Fsp3) is 0.583. The third kappa shape index (κ3) is 5.77. The molecule has 5 heteroatoms. The lowest BCUT2D eigenvalue weighted by Crippen LogP contribution is -2.28. The van der Waals surface area contributed by atoms with Crippen molar-refractivity contribution in [1.82, 2.24) is 9.80 Å². The van der Waals surface area contributed by atoms with Crippen molar-refractivity contribution in [2.45, 2.75) is 6.42 Å². The Bertz CT molecular complexity index is 365. The number of nitrogens with zero attached hydrogens (tertiary/aromatic N) is 2. The zero-order chi connectivity index (χ0) is 12.8. The van der Waals surface area contributed by atoms with E-state index in [1.165, 1.54) is 11.3 Å². The minimum absolute atomic E-state index is 0.202. The van der Waals surface area contributed by atoms with Crippen molar-refractivity contribution in [3.8, 4) is 0 Å². The Labute approximate surface area is 116 Å². The molecule has 0 unspecified atom stereocenters. The zero-order valence-electron chi connectivity index (χ0n) is 10.6. The molecule has 0 fully saturated rings. The first-order valence-corrected chi connectivity index (χ1v) is 7.22. The first kappa shape index (κ1) is 14.8. The summed E-state index contributed by atoms with van der Waals surface area (Å²) in [6.45, 7) is 2.51. The van der Waals surface area contributed by atoms with E-state index in [1.807, 2.05) is 19.2 Å². The van der Waals surface area contributed by atoms with Crippen LogP contribution in [-0.4, -0.2) is 56.4 Å². The summed E-state index contributed by atoms with van der Waals surface area (Å²) in [7, 11) is 6.12. The number of carbonyl (C=O) groups excluding carboxylic acids is 1. The van der Waals surface area contributed by atoms with Crippen LogP contribution in [-0.2, 0) is 0 Å². The predicted molar refractivity (Wildman–Crippen MR) is 77.0 cm³/mol. The molecule has 0 bridgehead atoms. The summed E-state index contributed by atoms with van der Waals surface area (Å²) < 4.78 is 1.01. The highest BCUT2D eigenvalue weighted by Crippen LogP contribution is 2.22. The Kier molecular flexibility index (Phi) is 6.33. The quantitative estimate of drug-likeness (QED) is 0.722. The molecule has 96 valence electrons. The third-order valence-electron chi connectivity index (χ3n) is 2.41. The van der Waals surface area contributed by atoms with Gasteiger partial charge in [0.1, 0.15) is 0 Å². The van der Waals surface area contributed by atoms with Crippen LogP contribution in [0.4, 0.5) is 0 Å². The van der Waals surface area contributed by atoms with Crippen LogP contribution in [0.2, 0.25) is 0 Å². The minimum atomic E-state index is 0.202. The number of likely N-dealkylation sites (N-methyl/N-ethyl adjacent to an activating group) is 1. The number of hydrogen-bond acceptors (Lipinski definition) is 4. The van der Waals surface area contributed by atoms with Crippen LogP contribution in [0.5, 0.6) is 0 Å². The Morgan fingerprint density at radius 2 is 2.00 bits per heavy atom. The number of halogens is 1. The summed E-state index contributed by atoms with van der Waals surface area (Å²) in [6, 6.07) is 3.80. The van der Waals surface area contributed by atoms with Gasteiger partial charge in [-0.15, -0.1) is 11.3 Å². The topological polar surface area (TPSA) is 23.6 Å². The van der Waals surface area contributed by atoms with Crippen LogP contribution in [0.15, 0.2) is 15.9 Å². The van der Waals surface area contributed by atoms with Crippen LogP contribution >= 0.6 is 27.3 Å². The van der Waals surface area contributed by atoms with Crippen LogP contribution in [0.3, 0.4) is 0 Å². The van der Waals surface area contributed by atoms with Gasteiger partial charge in [0.15, 0.2) is 5.78 Å². The third-order valence-corrected chi connectivity index (χ3v) is 4.07. The van der Waals surface area contributed by atoms with E-state index in [0.717, 1.165) is 28.2 Å². The summed E-state index contributed by atoms with van der Waals surface area (Å²) in [5, 5.41) is 0. The average Bonchev–Trinajstić information content (AvgIpc) is 2.64. The van der Waals surface area contributed by atoms with Gasteiger partial charge in [0.25, 0.3) is 0 Å². The monoisotopic (exact) mass is 318 g/mol. The highest BCUT2D eigenvalue weighted by atomic mass is 79.9. The van der Waals surface area contributed by atoms with Crippen molar-refractivity contribution >= 4 is 33.0 Å². The predicted octanol–water partition coefficient (Wildman–Crippen LogP) is 2.58. The molecular formula is C12H19BrN2OS. The first-order chi connectivity index (χ1) is 7.99. The Hall–Kier alpha value is -0.230. The number of ketones is 1. The van der Waals surface area contributed by atoms with Crippen molar-refractivity contribution in [2.24, 2.45) is 0 Å². The maximum atomic E-state index is 11.9. The molecule has 0 atom stereocenters. The van der Waals surface area contributed by atoms with Crippen molar-refractivity contribution in [2.75, 3.05) is 40.8 Å². The Morgan fingerprint density at radius 1 is 1.29 bits per heavy atom. The van der Waals surface area contributed by atoms with E-state index >= 15 is 0 Å². The molecule has 0 saturated heterocycles. The van der Waals surface area contributed by atoms with Crippen molar-refractivity contribution < 1.29 is 4.79 Å². The number of Topliss-reactive ketones (excluding diaryl/α,β-unsaturated/α-hetero) is 1. The number of thiophene rings is 1. The number of hydrogen-bond donors (Lipinski definition) is 0. The molecule has 0 N–H and O–H groups in total. The van der Waals surface area contributed by atoms with Crippen LogP contribution < -0.4 is 0 Å². The highest BCUT2D eigenvalue weighted by molar-refractivity contribution is 9.11. The molecular weight excluding hydrogens is 300 g/mol. The second kappa shape index (κ2) is 7.26. The summed E-state index contributed by atoms with van der Waals surface area (Å²) in [5.41, 5.74) is 0. The van der Waals surface area contributed by atoms with Gasteiger partial charge in [-0.1, -0.05) is 0 Å². The molecule has 0 saturated carbocycles. The zero-order valence-corrected chi connectivity index (χ0v) is 13.0. The number of carbonyl (C=O) groups is 1. The van der Waals surface area contributed by atoms with E-state index in [-0.39, 0.29) is 5.78 Å². The van der Waals surface area contributed by atoms with Gasteiger partial charge in [-0.25, -0.2) is 0 Å².